The zero-order chi connectivity index (χ0) is 14.6. The molecule has 0 spiro atoms. The second-order valence-corrected chi connectivity index (χ2v) is 7.13. The van der Waals surface area contributed by atoms with Gasteiger partial charge in [-0.1, -0.05) is 11.3 Å². The Morgan fingerprint density at radius 2 is 2.38 bits per heavy atom. The second kappa shape index (κ2) is 4.60. The third kappa shape index (κ3) is 1.97. The minimum atomic E-state index is -1.26. The van der Waals surface area contributed by atoms with E-state index in [4.69, 9.17) is 0 Å². The topological polar surface area (TPSA) is 68.7 Å². The summed E-state index contributed by atoms with van der Waals surface area (Å²) in [6, 6.07) is 0. The lowest BCUT2D eigenvalue weighted by atomic mass is 10.1. The van der Waals surface area contributed by atoms with Crippen molar-refractivity contribution in [1.82, 2.24) is 9.30 Å². The molecule has 21 heavy (non-hydrogen) atoms. The minimum Gasteiger partial charge on any atom is -0.543 e. The first-order valence-corrected chi connectivity index (χ1v) is 8.37. The Morgan fingerprint density at radius 3 is 3.10 bits per heavy atom. The summed E-state index contributed by atoms with van der Waals surface area (Å²) in [5.74, 6) is -0.773. The molecule has 8 heteroatoms. The Labute approximate surface area is 128 Å². The normalized spacial score (nSPS) is 21.6. The summed E-state index contributed by atoms with van der Waals surface area (Å²) in [4.78, 5) is 25.5. The summed E-state index contributed by atoms with van der Waals surface area (Å²) in [6.07, 6.45) is 6.26. The summed E-state index contributed by atoms with van der Waals surface area (Å²) in [5, 5.41) is 13.4. The number of hydrogen-bond donors (Lipinski definition) is 0. The Kier molecular flexibility index (Phi) is 2.83. The van der Waals surface area contributed by atoms with Crippen molar-refractivity contribution in [2.45, 2.75) is 18.3 Å². The quantitative estimate of drug-likeness (QED) is 0.570. The lowest BCUT2D eigenvalue weighted by Crippen LogP contribution is -2.56. The van der Waals surface area contributed by atoms with Gasteiger partial charge in [0, 0.05) is 16.7 Å². The van der Waals surface area contributed by atoms with Gasteiger partial charge in [-0.05, 0) is 0 Å². The lowest BCUT2D eigenvalue weighted by Gasteiger charge is -2.45. The summed E-state index contributed by atoms with van der Waals surface area (Å²) >= 11 is 3.23. The van der Waals surface area contributed by atoms with Gasteiger partial charge in [-0.3, -0.25) is 9.69 Å². The first kappa shape index (κ1) is 12.9. The molecule has 0 unspecified atom stereocenters. The smallest absolute Gasteiger partial charge is 0.249 e. The molecule has 0 N–H and O–H groups in total. The molecule has 0 saturated carbocycles. The van der Waals surface area contributed by atoms with Crippen LogP contribution in [0.15, 0.2) is 35.4 Å². The number of carboxylic acid groups (broad SMARTS) is 1. The number of nitrogens with zero attached hydrogens (tertiary/aromatic N) is 3. The van der Waals surface area contributed by atoms with Crippen molar-refractivity contribution in [3.05, 3.63) is 35.4 Å². The maximum absolute atomic E-state index is 11.7. The summed E-state index contributed by atoms with van der Waals surface area (Å²) < 4.78 is 3.92. The summed E-state index contributed by atoms with van der Waals surface area (Å²) in [6.45, 7) is 0.460. The third-order valence-corrected chi connectivity index (χ3v) is 5.81. The Balaban J connectivity index is 1.70. The molecule has 108 valence electrons. The Bertz CT molecular complexity index is 763. The summed E-state index contributed by atoms with van der Waals surface area (Å²) in [7, 11) is 0. The van der Waals surface area contributed by atoms with Gasteiger partial charge in [0.25, 0.3) is 0 Å². The number of rotatable bonds is 3. The molecule has 2 aliphatic rings. The molecule has 4 heterocycles. The van der Waals surface area contributed by atoms with E-state index in [2.05, 4.69) is 0 Å². The van der Waals surface area contributed by atoms with Gasteiger partial charge >= 0.3 is 0 Å². The molecule has 0 aliphatic carbocycles. The first-order valence-electron chi connectivity index (χ1n) is 6.45. The second-order valence-electron chi connectivity index (χ2n) is 5.04. The van der Waals surface area contributed by atoms with E-state index in [0.29, 0.717) is 18.7 Å². The molecule has 1 saturated heterocycles. The maximum atomic E-state index is 11.7. The van der Waals surface area contributed by atoms with Gasteiger partial charge in [-0.15, -0.1) is 11.8 Å². The predicted molar refractivity (Wildman–Crippen MR) is 75.2 cm³/mol. The van der Waals surface area contributed by atoms with E-state index < -0.39 is 5.97 Å². The van der Waals surface area contributed by atoms with Crippen LogP contribution < -0.4 is 9.67 Å². The maximum Gasteiger partial charge on any atom is 0.249 e. The van der Waals surface area contributed by atoms with E-state index in [1.165, 1.54) is 4.90 Å². The van der Waals surface area contributed by atoms with Crippen LogP contribution in [-0.4, -0.2) is 32.3 Å². The zero-order valence-electron chi connectivity index (χ0n) is 10.9. The number of hydrogen-bond acceptors (Lipinski definition) is 5. The zero-order valence-corrected chi connectivity index (χ0v) is 12.5. The van der Waals surface area contributed by atoms with E-state index in [1.807, 2.05) is 33.1 Å². The number of carboxylic acids is 1. The monoisotopic (exact) mass is 321 g/mol. The van der Waals surface area contributed by atoms with Crippen molar-refractivity contribution in [3.8, 4) is 0 Å². The average molecular weight is 321 g/mol. The molecular weight excluding hydrogens is 310 g/mol. The summed E-state index contributed by atoms with van der Waals surface area (Å²) in [5.41, 5.74) is 0.796. The highest BCUT2D eigenvalue weighted by molar-refractivity contribution is 8.00. The van der Waals surface area contributed by atoms with E-state index in [0.717, 1.165) is 10.4 Å². The fourth-order valence-corrected chi connectivity index (χ4v) is 4.73. The van der Waals surface area contributed by atoms with E-state index in [9.17, 15) is 14.7 Å². The molecule has 1 atom stereocenters. The third-order valence-electron chi connectivity index (χ3n) is 3.71. The lowest BCUT2D eigenvalue weighted by molar-refractivity contribution is -0.687. The van der Waals surface area contributed by atoms with Crippen LogP contribution in [0.4, 0.5) is 0 Å². The van der Waals surface area contributed by atoms with Crippen LogP contribution in [0.1, 0.15) is 6.42 Å². The van der Waals surface area contributed by atoms with Gasteiger partial charge in [-0.2, -0.15) is 4.40 Å². The number of thioether (sulfide) groups is 1. The SMILES string of the molecule is O=C([O-])C1=C(C[n+]2cc3sccn3c2)CS[C@H]2CC(=O)N12. The number of carbonyl (C=O) groups excluding carboxylic acids is 2. The molecule has 2 aromatic heterocycles. The highest BCUT2D eigenvalue weighted by Gasteiger charge is 2.43. The minimum absolute atomic E-state index is 0.0309. The van der Waals surface area contributed by atoms with Crippen molar-refractivity contribution in [3.63, 3.8) is 0 Å². The molecule has 0 bridgehead atoms. The molecule has 2 aliphatic heterocycles. The average Bonchev–Trinajstić information content (AvgIpc) is 2.99. The highest BCUT2D eigenvalue weighted by Crippen LogP contribution is 2.39. The molecule has 6 nitrogen and oxygen atoms in total. The molecule has 1 amide bonds. The molecule has 1 fully saturated rings. The molecule has 0 radical (unpaired) electrons. The largest absolute Gasteiger partial charge is 0.543 e. The van der Waals surface area contributed by atoms with Crippen molar-refractivity contribution >= 4 is 39.8 Å². The first-order chi connectivity index (χ1) is 10.1. The van der Waals surface area contributed by atoms with Gasteiger partial charge in [0.2, 0.25) is 17.1 Å². The van der Waals surface area contributed by atoms with E-state index >= 15 is 0 Å². The number of fused-ring (bicyclic) bond motifs is 2. The van der Waals surface area contributed by atoms with E-state index in [-0.39, 0.29) is 17.0 Å². The van der Waals surface area contributed by atoms with Crippen molar-refractivity contribution in [1.29, 1.82) is 0 Å². The standard InChI is InChI=1S/C13H11N3O3S2/c17-9-3-10-16(9)12(13(18)19)8(6-21-10)4-14-5-11-15(7-14)1-2-20-11/h1-2,5,7,10H,3-4,6H2/t10-/m0/s1. The Morgan fingerprint density at radius 1 is 1.52 bits per heavy atom. The molecule has 2 aromatic rings. The van der Waals surface area contributed by atoms with Gasteiger partial charge in [-0.25, -0.2) is 4.57 Å². The van der Waals surface area contributed by atoms with Crippen LogP contribution >= 0.6 is 23.1 Å². The highest BCUT2D eigenvalue weighted by atomic mass is 32.2. The van der Waals surface area contributed by atoms with Crippen LogP contribution in [0.3, 0.4) is 0 Å². The van der Waals surface area contributed by atoms with Gasteiger partial charge < -0.3 is 9.90 Å². The number of carbonyl (C=O) groups is 2. The number of amides is 1. The van der Waals surface area contributed by atoms with Gasteiger partial charge in [0.05, 0.1) is 23.5 Å². The van der Waals surface area contributed by atoms with Crippen LogP contribution in [0.25, 0.3) is 4.83 Å². The number of aromatic nitrogens is 2. The molecular formula is C13H11N3O3S2. The predicted octanol–water partition coefficient (Wildman–Crippen LogP) is -0.403. The number of imidazole rings is 1. The van der Waals surface area contributed by atoms with E-state index in [1.54, 1.807) is 23.1 Å². The number of aliphatic carboxylic acids is 1. The van der Waals surface area contributed by atoms with Crippen LogP contribution in [0.2, 0.25) is 0 Å². The van der Waals surface area contributed by atoms with Gasteiger partial charge in [0.15, 0.2) is 0 Å². The fourth-order valence-electron chi connectivity index (χ4n) is 2.72. The molecule has 0 aromatic carbocycles. The Hall–Kier alpha value is -1.80. The number of β-lactam (4-membered cyclic amide) rings is 1. The molecule has 4 rings (SSSR count). The van der Waals surface area contributed by atoms with Crippen molar-refractivity contribution in [2.75, 3.05) is 5.75 Å². The van der Waals surface area contributed by atoms with Crippen molar-refractivity contribution in [2.24, 2.45) is 0 Å². The van der Waals surface area contributed by atoms with Crippen LogP contribution in [-0.2, 0) is 16.1 Å². The van der Waals surface area contributed by atoms with Crippen LogP contribution in [0.5, 0.6) is 0 Å². The van der Waals surface area contributed by atoms with Gasteiger partial charge in [0.1, 0.15) is 18.9 Å². The fraction of sp³-hybridized carbons (Fsp3) is 0.308. The number of thiazole rings is 1. The van der Waals surface area contributed by atoms with Crippen LogP contribution in [0, 0.1) is 0 Å². The van der Waals surface area contributed by atoms with Crippen molar-refractivity contribution < 1.29 is 19.3 Å².